The Morgan fingerprint density at radius 1 is 0.875 bits per heavy atom. The van der Waals surface area contributed by atoms with E-state index in [9.17, 15) is 4.79 Å². The molecule has 2 aromatic carbocycles. The van der Waals surface area contributed by atoms with Crippen LogP contribution in [0.2, 0.25) is 0 Å². The number of hydrogen-bond acceptors (Lipinski definition) is 5. The molecule has 6 heteroatoms. The Labute approximate surface area is 152 Å². The number of nitrogens with zero attached hydrogens (tertiary/aromatic N) is 1. The van der Waals surface area contributed by atoms with Crippen LogP contribution in [0.3, 0.4) is 0 Å². The molecule has 0 aliphatic heterocycles. The highest BCUT2D eigenvalue weighted by Gasteiger charge is 2.15. The van der Waals surface area contributed by atoms with E-state index in [0.717, 1.165) is 17.1 Å². The lowest BCUT2D eigenvalue weighted by atomic mass is 10.1. The van der Waals surface area contributed by atoms with E-state index in [1.807, 2.05) is 46.9 Å². The van der Waals surface area contributed by atoms with Crippen LogP contribution in [0.25, 0.3) is 22.8 Å². The minimum absolute atomic E-state index is 0.272. The van der Waals surface area contributed by atoms with Gasteiger partial charge in [0.25, 0.3) is 5.56 Å². The molecule has 122 valence electrons. The first kappa shape index (κ1) is 16.5. The molecule has 24 heavy (non-hydrogen) atoms. The lowest BCUT2D eigenvalue weighted by Gasteiger charge is -2.07. The summed E-state index contributed by atoms with van der Waals surface area (Å²) in [6.45, 7) is 0. The number of aromatic nitrogens is 1. The molecule has 0 aliphatic rings. The van der Waals surface area contributed by atoms with Crippen molar-refractivity contribution in [3.8, 4) is 34.3 Å². The van der Waals surface area contributed by atoms with Crippen LogP contribution < -0.4 is 15.0 Å². The first-order valence-corrected chi connectivity index (χ1v) is 8.19. The Balaban J connectivity index is 2.09. The van der Waals surface area contributed by atoms with Gasteiger partial charge in [-0.3, -0.25) is 4.79 Å². The summed E-state index contributed by atoms with van der Waals surface area (Å²) in [7, 11) is 3.20. The first-order chi connectivity index (χ1) is 11.6. The van der Waals surface area contributed by atoms with Crippen LogP contribution in [-0.4, -0.2) is 19.2 Å². The van der Waals surface area contributed by atoms with E-state index in [1.165, 1.54) is 0 Å². The highest BCUT2D eigenvalue weighted by Crippen LogP contribution is 2.29. The molecule has 0 amide bonds. The SMILES string of the molecule is COc1ccc(-c2nc(=O)c(I)c(-c3ccc(OC)cc3)o2)cc1. The molecular formula is C18H14INO4. The third-order valence-electron chi connectivity index (χ3n) is 3.48. The summed E-state index contributed by atoms with van der Waals surface area (Å²) < 4.78 is 16.6. The van der Waals surface area contributed by atoms with Gasteiger partial charge in [0.05, 0.1) is 14.2 Å². The van der Waals surface area contributed by atoms with Crippen molar-refractivity contribution in [3.63, 3.8) is 0 Å². The summed E-state index contributed by atoms with van der Waals surface area (Å²) in [6.07, 6.45) is 0. The molecule has 0 fully saturated rings. The Hall–Kier alpha value is -2.35. The molecule has 5 nitrogen and oxygen atoms in total. The highest BCUT2D eigenvalue weighted by molar-refractivity contribution is 14.1. The van der Waals surface area contributed by atoms with Crippen LogP contribution in [-0.2, 0) is 0 Å². The van der Waals surface area contributed by atoms with Crippen LogP contribution in [0.1, 0.15) is 0 Å². The summed E-state index contributed by atoms with van der Waals surface area (Å²) in [4.78, 5) is 16.2. The molecule has 0 radical (unpaired) electrons. The summed E-state index contributed by atoms with van der Waals surface area (Å²) >= 11 is 1.95. The van der Waals surface area contributed by atoms with E-state index in [-0.39, 0.29) is 11.4 Å². The molecule has 0 N–H and O–H groups in total. The Kier molecular flexibility index (Phi) is 4.84. The topological polar surface area (TPSA) is 61.6 Å². The van der Waals surface area contributed by atoms with Crippen LogP contribution in [0.5, 0.6) is 11.5 Å². The lowest BCUT2D eigenvalue weighted by Crippen LogP contribution is -2.12. The average molecular weight is 435 g/mol. The zero-order valence-corrected chi connectivity index (χ0v) is 15.2. The molecule has 0 saturated heterocycles. The number of ether oxygens (including phenoxy) is 2. The van der Waals surface area contributed by atoms with Crippen molar-refractivity contribution in [2.75, 3.05) is 14.2 Å². The maximum atomic E-state index is 12.2. The second kappa shape index (κ2) is 7.04. The van der Waals surface area contributed by atoms with Crippen molar-refractivity contribution in [2.45, 2.75) is 0 Å². The molecule has 0 aliphatic carbocycles. The number of methoxy groups -OCH3 is 2. The summed E-state index contributed by atoms with van der Waals surface area (Å²) in [5, 5.41) is 0. The predicted octanol–water partition coefficient (Wildman–Crippen LogP) is 3.99. The average Bonchev–Trinajstić information content (AvgIpc) is 2.64. The number of halogens is 1. The third kappa shape index (κ3) is 3.28. The third-order valence-corrected chi connectivity index (χ3v) is 4.43. The van der Waals surface area contributed by atoms with Gasteiger partial charge in [0.15, 0.2) is 5.76 Å². The quantitative estimate of drug-likeness (QED) is 0.581. The minimum Gasteiger partial charge on any atom is -0.497 e. The summed E-state index contributed by atoms with van der Waals surface area (Å²) in [5.41, 5.74) is 1.17. The van der Waals surface area contributed by atoms with Crippen LogP contribution in [0.4, 0.5) is 0 Å². The van der Waals surface area contributed by atoms with E-state index >= 15 is 0 Å². The second-order valence-corrected chi connectivity index (χ2v) is 6.00. The fourth-order valence-electron chi connectivity index (χ4n) is 2.19. The first-order valence-electron chi connectivity index (χ1n) is 7.12. The van der Waals surface area contributed by atoms with Crippen molar-refractivity contribution in [1.29, 1.82) is 0 Å². The van der Waals surface area contributed by atoms with Gasteiger partial charge in [-0.2, -0.15) is 4.98 Å². The molecule has 0 saturated carbocycles. The smallest absolute Gasteiger partial charge is 0.290 e. The standard InChI is InChI=1S/C18H14INO4/c1-22-13-7-3-11(4-8-13)16-15(19)17(21)20-18(24-16)12-5-9-14(23-2)10-6-12/h3-10H,1-2H3. The van der Waals surface area contributed by atoms with Gasteiger partial charge in [-0.1, -0.05) is 0 Å². The molecule has 0 unspecified atom stereocenters. The van der Waals surface area contributed by atoms with Crippen LogP contribution in [0, 0.1) is 3.57 Å². The fourth-order valence-corrected chi connectivity index (χ4v) is 2.73. The van der Waals surface area contributed by atoms with Gasteiger partial charge in [0.1, 0.15) is 15.1 Å². The van der Waals surface area contributed by atoms with E-state index in [2.05, 4.69) is 4.98 Å². The maximum absolute atomic E-state index is 12.2. The number of hydrogen-bond donors (Lipinski definition) is 0. The van der Waals surface area contributed by atoms with Crippen LogP contribution in [0.15, 0.2) is 57.7 Å². The van der Waals surface area contributed by atoms with E-state index in [4.69, 9.17) is 13.9 Å². The zero-order chi connectivity index (χ0) is 17.1. The molecule has 3 rings (SSSR count). The van der Waals surface area contributed by atoms with Gasteiger partial charge in [-0.05, 0) is 71.1 Å². The van der Waals surface area contributed by atoms with Crippen molar-refractivity contribution in [3.05, 3.63) is 62.5 Å². The summed E-state index contributed by atoms with van der Waals surface area (Å²) in [6, 6.07) is 14.5. The highest BCUT2D eigenvalue weighted by atomic mass is 127. The van der Waals surface area contributed by atoms with E-state index in [1.54, 1.807) is 38.5 Å². The zero-order valence-electron chi connectivity index (χ0n) is 13.1. The predicted molar refractivity (Wildman–Crippen MR) is 99.5 cm³/mol. The minimum atomic E-state index is -0.321. The number of benzene rings is 2. The van der Waals surface area contributed by atoms with Gasteiger partial charge < -0.3 is 13.9 Å². The van der Waals surface area contributed by atoms with Gasteiger partial charge in [0.2, 0.25) is 5.89 Å². The Bertz CT molecular complexity index is 902. The van der Waals surface area contributed by atoms with Crippen LogP contribution >= 0.6 is 22.6 Å². The molecule has 1 heterocycles. The number of rotatable bonds is 4. The van der Waals surface area contributed by atoms with Gasteiger partial charge in [-0.25, -0.2) is 0 Å². The lowest BCUT2D eigenvalue weighted by molar-refractivity contribution is 0.415. The molecular weight excluding hydrogens is 421 g/mol. The van der Waals surface area contributed by atoms with Gasteiger partial charge in [-0.15, -0.1) is 0 Å². The van der Waals surface area contributed by atoms with Crippen molar-refractivity contribution in [2.24, 2.45) is 0 Å². The van der Waals surface area contributed by atoms with Gasteiger partial charge in [0, 0.05) is 11.1 Å². The Morgan fingerprint density at radius 2 is 1.38 bits per heavy atom. The molecule has 3 aromatic rings. The molecule has 0 spiro atoms. The second-order valence-electron chi connectivity index (χ2n) is 4.92. The Morgan fingerprint density at radius 3 is 1.88 bits per heavy atom. The van der Waals surface area contributed by atoms with Crippen molar-refractivity contribution < 1.29 is 13.9 Å². The van der Waals surface area contributed by atoms with Gasteiger partial charge >= 0.3 is 0 Å². The molecule has 0 atom stereocenters. The maximum Gasteiger partial charge on any atom is 0.290 e. The largest absolute Gasteiger partial charge is 0.497 e. The normalized spacial score (nSPS) is 10.5. The monoisotopic (exact) mass is 435 g/mol. The van der Waals surface area contributed by atoms with E-state index in [0.29, 0.717) is 14.9 Å². The van der Waals surface area contributed by atoms with Crippen molar-refractivity contribution >= 4 is 22.6 Å². The molecule has 0 bridgehead atoms. The molecule has 1 aromatic heterocycles. The van der Waals surface area contributed by atoms with E-state index < -0.39 is 0 Å². The van der Waals surface area contributed by atoms with Crippen molar-refractivity contribution in [1.82, 2.24) is 4.98 Å². The summed E-state index contributed by atoms with van der Waals surface area (Å²) in [5.74, 6) is 2.22. The fraction of sp³-hybridized carbons (Fsp3) is 0.111.